The SMILES string of the molecule is CNC(/C1=C/CCCCCC1)c1ccc(F)cc1Cl. The van der Waals surface area contributed by atoms with Gasteiger partial charge in [0.05, 0.1) is 6.04 Å². The first-order chi connectivity index (χ1) is 9.22. The molecule has 0 fully saturated rings. The molecule has 1 aliphatic carbocycles. The molecule has 0 heterocycles. The van der Waals surface area contributed by atoms with E-state index in [2.05, 4.69) is 11.4 Å². The number of nitrogens with one attached hydrogen (secondary N) is 1. The standard InChI is InChI=1S/C16H21ClFN/c1-19-16(12-7-5-3-2-4-6-8-12)14-10-9-13(18)11-15(14)17/h7,9-11,16,19H,2-6,8H2,1H3/b12-7+. The minimum absolute atomic E-state index is 0.103. The van der Waals surface area contributed by atoms with Gasteiger partial charge in [-0.2, -0.15) is 0 Å². The Hall–Kier alpha value is -0.860. The summed E-state index contributed by atoms with van der Waals surface area (Å²) in [5.41, 5.74) is 2.35. The summed E-state index contributed by atoms with van der Waals surface area (Å²) in [5, 5.41) is 3.82. The molecule has 1 aromatic rings. The van der Waals surface area contributed by atoms with Crippen molar-refractivity contribution in [1.82, 2.24) is 5.32 Å². The third-order valence-corrected chi connectivity index (χ3v) is 4.09. The van der Waals surface area contributed by atoms with Crippen molar-refractivity contribution in [3.8, 4) is 0 Å². The second-order valence-corrected chi connectivity index (χ2v) is 5.53. The van der Waals surface area contributed by atoms with Crippen LogP contribution in [0.25, 0.3) is 0 Å². The number of hydrogen-bond donors (Lipinski definition) is 1. The zero-order valence-electron chi connectivity index (χ0n) is 11.4. The lowest BCUT2D eigenvalue weighted by Gasteiger charge is -2.23. The fourth-order valence-electron chi connectivity index (χ4n) is 2.75. The second kappa shape index (κ2) is 7.06. The van der Waals surface area contributed by atoms with Crippen LogP contribution in [-0.2, 0) is 0 Å². The van der Waals surface area contributed by atoms with Gasteiger partial charge in [-0.3, -0.25) is 0 Å². The Bertz CT molecular complexity index is 456. The van der Waals surface area contributed by atoms with Gasteiger partial charge in [-0.1, -0.05) is 42.2 Å². The highest BCUT2D eigenvalue weighted by atomic mass is 35.5. The Morgan fingerprint density at radius 1 is 1.21 bits per heavy atom. The minimum Gasteiger partial charge on any atom is -0.310 e. The predicted molar refractivity (Wildman–Crippen MR) is 79.0 cm³/mol. The molecular formula is C16H21ClFN. The maximum atomic E-state index is 13.2. The van der Waals surface area contributed by atoms with Crippen molar-refractivity contribution in [2.45, 2.75) is 44.6 Å². The number of likely N-dealkylation sites (N-methyl/N-ethyl adjacent to an activating group) is 1. The van der Waals surface area contributed by atoms with Crippen molar-refractivity contribution in [3.05, 3.63) is 46.3 Å². The van der Waals surface area contributed by atoms with Gasteiger partial charge in [-0.25, -0.2) is 4.39 Å². The van der Waals surface area contributed by atoms with Crippen LogP contribution in [0.4, 0.5) is 4.39 Å². The lowest BCUT2D eigenvalue weighted by Crippen LogP contribution is -2.19. The Morgan fingerprint density at radius 3 is 2.74 bits per heavy atom. The summed E-state index contributed by atoms with van der Waals surface area (Å²) in [6.45, 7) is 0. The maximum Gasteiger partial charge on any atom is 0.124 e. The van der Waals surface area contributed by atoms with Crippen molar-refractivity contribution in [3.63, 3.8) is 0 Å². The fraction of sp³-hybridized carbons (Fsp3) is 0.500. The third-order valence-electron chi connectivity index (χ3n) is 3.76. The van der Waals surface area contributed by atoms with Gasteiger partial charge in [0.2, 0.25) is 0 Å². The van der Waals surface area contributed by atoms with Gasteiger partial charge < -0.3 is 5.32 Å². The predicted octanol–water partition coefficient (Wildman–Crippen LogP) is 5.02. The molecule has 0 spiro atoms. The highest BCUT2D eigenvalue weighted by Gasteiger charge is 2.18. The molecule has 1 aromatic carbocycles. The van der Waals surface area contributed by atoms with E-state index in [4.69, 9.17) is 11.6 Å². The summed E-state index contributed by atoms with van der Waals surface area (Å²) in [5.74, 6) is -0.282. The zero-order valence-corrected chi connectivity index (χ0v) is 12.1. The molecule has 104 valence electrons. The van der Waals surface area contributed by atoms with Crippen molar-refractivity contribution in [1.29, 1.82) is 0 Å². The zero-order chi connectivity index (χ0) is 13.7. The van der Waals surface area contributed by atoms with Crippen LogP contribution in [0.1, 0.15) is 50.1 Å². The largest absolute Gasteiger partial charge is 0.310 e. The first-order valence-electron chi connectivity index (χ1n) is 7.03. The molecular weight excluding hydrogens is 261 g/mol. The highest BCUT2D eigenvalue weighted by molar-refractivity contribution is 6.31. The first-order valence-corrected chi connectivity index (χ1v) is 7.41. The Kier molecular flexibility index (Phi) is 5.41. The number of allylic oxidation sites excluding steroid dienone is 1. The van der Waals surface area contributed by atoms with E-state index >= 15 is 0 Å². The normalized spacial score (nSPS) is 21.1. The van der Waals surface area contributed by atoms with E-state index < -0.39 is 0 Å². The van der Waals surface area contributed by atoms with Crippen molar-refractivity contribution < 1.29 is 4.39 Å². The molecule has 2 rings (SSSR count). The summed E-state index contributed by atoms with van der Waals surface area (Å²) < 4.78 is 13.2. The number of rotatable bonds is 3. The Morgan fingerprint density at radius 2 is 2.00 bits per heavy atom. The van der Waals surface area contributed by atoms with Crippen molar-refractivity contribution in [2.75, 3.05) is 7.05 Å². The van der Waals surface area contributed by atoms with Gasteiger partial charge in [0.1, 0.15) is 5.82 Å². The molecule has 1 aliphatic rings. The van der Waals surface area contributed by atoms with E-state index in [1.165, 1.54) is 43.4 Å². The van der Waals surface area contributed by atoms with Crippen LogP contribution >= 0.6 is 11.6 Å². The van der Waals surface area contributed by atoms with Crippen LogP contribution in [0.2, 0.25) is 5.02 Å². The van der Waals surface area contributed by atoms with Crippen LogP contribution in [0.3, 0.4) is 0 Å². The molecule has 0 saturated heterocycles. The van der Waals surface area contributed by atoms with E-state index in [0.717, 1.165) is 18.4 Å². The van der Waals surface area contributed by atoms with E-state index in [9.17, 15) is 4.39 Å². The van der Waals surface area contributed by atoms with Crippen molar-refractivity contribution in [2.24, 2.45) is 0 Å². The molecule has 0 saturated carbocycles. The fourth-order valence-corrected chi connectivity index (χ4v) is 3.03. The molecule has 0 amide bonds. The van der Waals surface area contributed by atoms with Gasteiger partial charge in [0.25, 0.3) is 0 Å². The maximum absolute atomic E-state index is 13.2. The molecule has 3 heteroatoms. The smallest absolute Gasteiger partial charge is 0.124 e. The average Bonchev–Trinajstić information content (AvgIpc) is 2.34. The summed E-state index contributed by atoms with van der Waals surface area (Å²) in [7, 11) is 1.93. The molecule has 1 unspecified atom stereocenters. The Balaban J connectivity index is 2.27. The van der Waals surface area contributed by atoms with Crippen LogP contribution in [-0.4, -0.2) is 7.05 Å². The molecule has 19 heavy (non-hydrogen) atoms. The Labute approximate surface area is 119 Å². The number of halogens is 2. The number of hydrogen-bond acceptors (Lipinski definition) is 1. The summed E-state index contributed by atoms with van der Waals surface area (Å²) >= 11 is 6.19. The first kappa shape index (κ1) is 14.5. The van der Waals surface area contributed by atoms with Gasteiger partial charge in [-0.05, 0) is 50.4 Å². The molecule has 0 aliphatic heterocycles. The molecule has 1 atom stereocenters. The van der Waals surface area contributed by atoms with Gasteiger partial charge >= 0.3 is 0 Å². The minimum atomic E-state index is -0.282. The van der Waals surface area contributed by atoms with E-state index in [-0.39, 0.29) is 11.9 Å². The lowest BCUT2D eigenvalue weighted by atomic mass is 9.91. The summed E-state index contributed by atoms with van der Waals surface area (Å²) in [6.07, 6.45) is 9.67. The van der Waals surface area contributed by atoms with Crippen LogP contribution in [0.15, 0.2) is 29.8 Å². The van der Waals surface area contributed by atoms with E-state index in [1.54, 1.807) is 6.07 Å². The van der Waals surface area contributed by atoms with Crippen molar-refractivity contribution >= 4 is 11.6 Å². The van der Waals surface area contributed by atoms with Crippen LogP contribution in [0.5, 0.6) is 0 Å². The third kappa shape index (κ3) is 3.80. The summed E-state index contributed by atoms with van der Waals surface area (Å²) in [4.78, 5) is 0. The second-order valence-electron chi connectivity index (χ2n) is 5.12. The van der Waals surface area contributed by atoms with E-state index in [0.29, 0.717) is 5.02 Å². The molecule has 1 nitrogen and oxygen atoms in total. The topological polar surface area (TPSA) is 12.0 Å². The quantitative estimate of drug-likeness (QED) is 0.767. The van der Waals surface area contributed by atoms with Gasteiger partial charge in [0, 0.05) is 5.02 Å². The monoisotopic (exact) mass is 281 g/mol. The molecule has 0 aromatic heterocycles. The van der Waals surface area contributed by atoms with E-state index in [1.807, 2.05) is 7.05 Å². The van der Waals surface area contributed by atoms with Gasteiger partial charge in [0.15, 0.2) is 0 Å². The van der Waals surface area contributed by atoms with Gasteiger partial charge in [-0.15, -0.1) is 0 Å². The number of benzene rings is 1. The van der Waals surface area contributed by atoms with Crippen LogP contribution < -0.4 is 5.32 Å². The average molecular weight is 282 g/mol. The molecule has 0 radical (unpaired) electrons. The highest BCUT2D eigenvalue weighted by Crippen LogP contribution is 2.32. The van der Waals surface area contributed by atoms with Crippen LogP contribution in [0, 0.1) is 5.82 Å². The molecule has 1 N–H and O–H groups in total. The lowest BCUT2D eigenvalue weighted by molar-refractivity contribution is 0.572. The summed E-state index contributed by atoms with van der Waals surface area (Å²) in [6, 6.07) is 4.77. The molecule has 0 bridgehead atoms.